The smallest absolute Gasteiger partial charge is 0.137 e. The van der Waals surface area contributed by atoms with Gasteiger partial charge in [0, 0.05) is 12.2 Å². The standard InChI is InChI=1S/C13H18ClN3O/c1-2-9-12(14)15-7-16-13(9)17-10-5-6-18-11(10)8-3-4-8/h7-8,10-11H,2-6H2,1H3,(H,15,16,17). The van der Waals surface area contributed by atoms with E-state index in [1.165, 1.54) is 19.2 Å². The Morgan fingerprint density at radius 3 is 2.94 bits per heavy atom. The molecule has 2 heterocycles. The number of nitrogens with one attached hydrogen (secondary N) is 1. The molecule has 1 saturated heterocycles. The molecule has 18 heavy (non-hydrogen) atoms. The Labute approximate surface area is 112 Å². The molecule has 1 aliphatic carbocycles. The van der Waals surface area contributed by atoms with Crippen molar-refractivity contribution in [1.29, 1.82) is 0 Å². The van der Waals surface area contributed by atoms with Gasteiger partial charge in [-0.05, 0) is 31.6 Å². The first-order valence-electron chi connectivity index (χ1n) is 6.67. The molecule has 5 heteroatoms. The number of aromatic nitrogens is 2. The van der Waals surface area contributed by atoms with Crippen LogP contribution in [0.1, 0.15) is 31.7 Å². The van der Waals surface area contributed by atoms with Crippen molar-refractivity contribution in [2.24, 2.45) is 5.92 Å². The summed E-state index contributed by atoms with van der Waals surface area (Å²) < 4.78 is 5.83. The molecule has 2 atom stereocenters. The average molecular weight is 268 g/mol. The summed E-state index contributed by atoms with van der Waals surface area (Å²) in [6.07, 6.45) is 6.35. The number of nitrogens with zero attached hydrogens (tertiary/aromatic N) is 2. The second-order valence-corrected chi connectivity index (χ2v) is 5.42. The molecule has 98 valence electrons. The fourth-order valence-corrected chi connectivity index (χ4v) is 2.93. The Balaban J connectivity index is 1.77. The van der Waals surface area contributed by atoms with E-state index in [1.807, 2.05) is 0 Å². The molecule has 1 aromatic rings. The minimum Gasteiger partial charge on any atom is -0.376 e. The summed E-state index contributed by atoms with van der Waals surface area (Å²) in [4.78, 5) is 8.36. The topological polar surface area (TPSA) is 47.0 Å². The van der Waals surface area contributed by atoms with Crippen molar-refractivity contribution < 1.29 is 4.74 Å². The van der Waals surface area contributed by atoms with Gasteiger partial charge in [0.2, 0.25) is 0 Å². The summed E-state index contributed by atoms with van der Waals surface area (Å²) in [6, 6.07) is 0.369. The highest BCUT2D eigenvalue weighted by atomic mass is 35.5. The summed E-state index contributed by atoms with van der Waals surface area (Å²) in [7, 11) is 0. The Hall–Kier alpha value is -0.870. The van der Waals surface area contributed by atoms with Gasteiger partial charge in [-0.1, -0.05) is 18.5 Å². The number of hydrogen-bond acceptors (Lipinski definition) is 4. The lowest BCUT2D eigenvalue weighted by atomic mass is 10.1. The van der Waals surface area contributed by atoms with Crippen LogP contribution in [-0.2, 0) is 11.2 Å². The molecule has 0 spiro atoms. The molecule has 1 aromatic heterocycles. The van der Waals surface area contributed by atoms with Gasteiger partial charge in [0.05, 0.1) is 12.1 Å². The molecule has 2 fully saturated rings. The van der Waals surface area contributed by atoms with Crippen LogP contribution in [0.2, 0.25) is 5.15 Å². The van der Waals surface area contributed by atoms with Gasteiger partial charge in [0.1, 0.15) is 17.3 Å². The molecule has 0 bridgehead atoms. The molecule has 4 nitrogen and oxygen atoms in total. The van der Waals surface area contributed by atoms with Crippen LogP contribution in [-0.4, -0.2) is 28.7 Å². The normalized spacial score (nSPS) is 27.4. The number of rotatable bonds is 4. The van der Waals surface area contributed by atoms with Gasteiger partial charge in [-0.2, -0.15) is 0 Å². The van der Waals surface area contributed by atoms with E-state index in [-0.39, 0.29) is 0 Å². The first-order chi connectivity index (χ1) is 8.79. The highest BCUT2D eigenvalue weighted by Gasteiger charge is 2.40. The summed E-state index contributed by atoms with van der Waals surface area (Å²) >= 11 is 6.10. The Kier molecular flexibility index (Phi) is 3.39. The zero-order chi connectivity index (χ0) is 12.5. The van der Waals surface area contributed by atoms with Gasteiger partial charge in [-0.3, -0.25) is 0 Å². The van der Waals surface area contributed by atoms with E-state index < -0.39 is 0 Å². The van der Waals surface area contributed by atoms with Crippen molar-refractivity contribution >= 4 is 17.4 Å². The molecule has 0 aromatic carbocycles. The van der Waals surface area contributed by atoms with Crippen LogP contribution >= 0.6 is 11.6 Å². The van der Waals surface area contributed by atoms with Gasteiger partial charge in [0.15, 0.2) is 0 Å². The number of anilines is 1. The number of hydrogen-bond donors (Lipinski definition) is 1. The second-order valence-electron chi connectivity index (χ2n) is 5.06. The van der Waals surface area contributed by atoms with E-state index in [0.29, 0.717) is 17.3 Å². The predicted octanol–water partition coefficient (Wildman–Crippen LogP) is 2.67. The lowest BCUT2D eigenvalue weighted by Crippen LogP contribution is -2.31. The van der Waals surface area contributed by atoms with Crippen LogP contribution in [0.4, 0.5) is 5.82 Å². The largest absolute Gasteiger partial charge is 0.376 e. The summed E-state index contributed by atoms with van der Waals surface area (Å²) in [5.74, 6) is 1.62. The minimum atomic E-state index is 0.350. The van der Waals surface area contributed by atoms with Gasteiger partial charge >= 0.3 is 0 Å². The van der Waals surface area contributed by atoms with E-state index in [2.05, 4.69) is 22.2 Å². The highest BCUT2D eigenvalue weighted by Crippen LogP contribution is 2.39. The van der Waals surface area contributed by atoms with E-state index in [1.54, 1.807) is 0 Å². The van der Waals surface area contributed by atoms with Crippen LogP contribution in [0.5, 0.6) is 0 Å². The molecule has 1 N–H and O–H groups in total. The Morgan fingerprint density at radius 1 is 1.39 bits per heavy atom. The first kappa shape index (κ1) is 12.2. The molecular formula is C13H18ClN3O. The lowest BCUT2D eigenvalue weighted by molar-refractivity contribution is 0.0898. The molecule has 2 unspecified atom stereocenters. The third-order valence-corrected chi connectivity index (χ3v) is 4.12. The van der Waals surface area contributed by atoms with Gasteiger partial charge in [-0.25, -0.2) is 9.97 Å². The van der Waals surface area contributed by atoms with Crippen LogP contribution in [0.3, 0.4) is 0 Å². The van der Waals surface area contributed by atoms with Gasteiger partial charge < -0.3 is 10.1 Å². The molecule has 0 amide bonds. The van der Waals surface area contributed by atoms with E-state index in [9.17, 15) is 0 Å². The van der Waals surface area contributed by atoms with Crippen molar-refractivity contribution in [3.05, 3.63) is 17.0 Å². The first-order valence-corrected chi connectivity index (χ1v) is 7.05. The second kappa shape index (κ2) is 5.02. The summed E-state index contributed by atoms with van der Waals surface area (Å²) in [6.45, 7) is 2.92. The van der Waals surface area contributed by atoms with Gasteiger partial charge in [-0.15, -0.1) is 0 Å². The third-order valence-electron chi connectivity index (χ3n) is 3.79. The quantitative estimate of drug-likeness (QED) is 0.852. The monoisotopic (exact) mass is 267 g/mol. The number of ether oxygens (including phenoxy) is 1. The minimum absolute atomic E-state index is 0.350. The third kappa shape index (κ3) is 2.31. The predicted molar refractivity (Wildman–Crippen MR) is 70.9 cm³/mol. The van der Waals surface area contributed by atoms with Crippen LogP contribution < -0.4 is 5.32 Å². The zero-order valence-electron chi connectivity index (χ0n) is 10.5. The summed E-state index contributed by atoms with van der Waals surface area (Å²) in [5.41, 5.74) is 1.00. The van der Waals surface area contributed by atoms with Crippen molar-refractivity contribution in [3.8, 4) is 0 Å². The fraction of sp³-hybridized carbons (Fsp3) is 0.692. The van der Waals surface area contributed by atoms with Crippen LogP contribution in [0, 0.1) is 5.92 Å². The van der Waals surface area contributed by atoms with Crippen LogP contribution in [0.15, 0.2) is 6.33 Å². The molecule has 3 rings (SSSR count). The van der Waals surface area contributed by atoms with Crippen molar-refractivity contribution in [2.75, 3.05) is 11.9 Å². The maximum atomic E-state index is 6.10. The van der Waals surface area contributed by atoms with Crippen LogP contribution in [0.25, 0.3) is 0 Å². The fourth-order valence-electron chi connectivity index (χ4n) is 2.66. The van der Waals surface area contributed by atoms with Gasteiger partial charge in [0.25, 0.3) is 0 Å². The Morgan fingerprint density at radius 2 is 2.22 bits per heavy atom. The maximum absolute atomic E-state index is 6.10. The molecule has 0 radical (unpaired) electrons. The molecular weight excluding hydrogens is 250 g/mol. The van der Waals surface area contributed by atoms with E-state index in [4.69, 9.17) is 16.3 Å². The number of halogens is 1. The summed E-state index contributed by atoms with van der Waals surface area (Å²) in [5, 5.41) is 4.06. The Bertz CT molecular complexity index is 436. The SMILES string of the molecule is CCc1c(Cl)ncnc1NC1CCOC1C1CC1. The molecule has 1 saturated carbocycles. The van der Waals surface area contributed by atoms with E-state index >= 15 is 0 Å². The zero-order valence-corrected chi connectivity index (χ0v) is 11.3. The molecule has 1 aliphatic heterocycles. The van der Waals surface area contributed by atoms with Crippen molar-refractivity contribution in [2.45, 2.75) is 44.8 Å². The van der Waals surface area contributed by atoms with Crippen molar-refractivity contribution in [1.82, 2.24) is 9.97 Å². The van der Waals surface area contributed by atoms with E-state index in [0.717, 1.165) is 36.7 Å². The van der Waals surface area contributed by atoms with Crippen molar-refractivity contribution in [3.63, 3.8) is 0 Å². The average Bonchev–Trinajstić information content (AvgIpc) is 3.11. The molecule has 2 aliphatic rings. The lowest BCUT2D eigenvalue weighted by Gasteiger charge is -2.21. The highest BCUT2D eigenvalue weighted by molar-refractivity contribution is 6.30. The maximum Gasteiger partial charge on any atom is 0.137 e.